The summed E-state index contributed by atoms with van der Waals surface area (Å²) >= 11 is 0. The molecule has 0 fully saturated rings. The molecule has 0 aliphatic carbocycles. The van der Waals surface area contributed by atoms with Crippen LogP contribution in [0.3, 0.4) is 0 Å². The Hall–Kier alpha value is -0.990. The lowest BCUT2D eigenvalue weighted by Crippen LogP contribution is -2.40. The quantitative estimate of drug-likeness (QED) is 0.666. The Morgan fingerprint density at radius 3 is 2.73 bits per heavy atom. The summed E-state index contributed by atoms with van der Waals surface area (Å²) in [4.78, 5) is 13.6. The second kappa shape index (κ2) is 4.69. The van der Waals surface area contributed by atoms with E-state index in [9.17, 15) is 4.79 Å². The van der Waals surface area contributed by atoms with E-state index < -0.39 is 5.60 Å². The van der Waals surface area contributed by atoms with E-state index in [0.29, 0.717) is 6.04 Å². The molecule has 0 bridgehead atoms. The van der Waals surface area contributed by atoms with Crippen molar-refractivity contribution in [3.63, 3.8) is 0 Å². The number of rotatable bonds is 1. The molecule has 15 heavy (non-hydrogen) atoms. The minimum absolute atomic E-state index is 0.231. The Kier molecular flexibility index (Phi) is 3.77. The van der Waals surface area contributed by atoms with Crippen molar-refractivity contribution in [1.29, 1.82) is 0 Å². The van der Waals surface area contributed by atoms with Crippen LogP contribution in [0.25, 0.3) is 0 Å². The zero-order chi connectivity index (χ0) is 11.5. The second-order valence-electron chi connectivity index (χ2n) is 4.91. The van der Waals surface area contributed by atoms with Crippen LogP contribution in [-0.2, 0) is 4.74 Å². The normalized spacial score (nSPS) is 21.6. The Balaban J connectivity index is 2.64. The molecule has 0 N–H and O–H groups in total. The third kappa shape index (κ3) is 3.57. The monoisotopic (exact) mass is 211 g/mol. The van der Waals surface area contributed by atoms with Crippen LogP contribution < -0.4 is 0 Å². The van der Waals surface area contributed by atoms with Gasteiger partial charge in [0, 0.05) is 12.2 Å². The van der Waals surface area contributed by atoms with Crippen LogP contribution in [0.4, 0.5) is 4.79 Å². The number of ether oxygens (including phenoxy) is 1. The molecule has 0 radical (unpaired) electrons. The summed E-state index contributed by atoms with van der Waals surface area (Å²) in [5.41, 5.74) is -0.416. The standard InChI is InChI=1S/C12H21NO2/c1-5-10-8-6-7-9-13(10)11(14)15-12(2,3)4/h7,9-10H,5-6,8H2,1-4H3. The predicted molar refractivity (Wildman–Crippen MR) is 60.5 cm³/mol. The average molecular weight is 211 g/mol. The molecular weight excluding hydrogens is 190 g/mol. The van der Waals surface area contributed by atoms with Gasteiger partial charge in [-0.1, -0.05) is 13.0 Å². The molecular formula is C12H21NO2. The van der Waals surface area contributed by atoms with Crippen LogP contribution in [0.15, 0.2) is 12.3 Å². The van der Waals surface area contributed by atoms with Gasteiger partial charge < -0.3 is 4.74 Å². The number of amides is 1. The van der Waals surface area contributed by atoms with E-state index in [0.717, 1.165) is 19.3 Å². The highest BCUT2D eigenvalue weighted by atomic mass is 16.6. The maximum absolute atomic E-state index is 11.8. The van der Waals surface area contributed by atoms with E-state index >= 15 is 0 Å². The molecule has 3 heteroatoms. The molecule has 0 saturated carbocycles. The molecule has 0 aromatic rings. The zero-order valence-corrected chi connectivity index (χ0v) is 10.1. The van der Waals surface area contributed by atoms with Crippen LogP contribution >= 0.6 is 0 Å². The van der Waals surface area contributed by atoms with Gasteiger partial charge in [-0.3, -0.25) is 4.90 Å². The van der Waals surface area contributed by atoms with E-state index in [2.05, 4.69) is 6.92 Å². The Morgan fingerprint density at radius 1 is 1.53 bits per heavy atom. The maximum atomic E-state index is 11.8. The summed E-state index contributed by atoms with van der Waals surface area (Å²) in [7, 11) is 0. The summed E-state index contributed by atoms with van der Waals surface area (Å²) in [6, 6.07) is 0.296. The highest BCUT2D eigenvalue weighted by Gasteiger charge is 2.26. The maximum Gasteiger partial charge on any atom is 0.414 e. The Bertz CT molecular complexity index is 253. The number of carbonyl (C=O) groups is 1. The lowest BCUT2D eigenvalue weighted by Gasteiger charge is -2.32. The summed E-state index contributed by atoms with van der Waals surface area (Å²) in [5, 5.41) is 0. The first kappa shape index (κ1) is 12.1. The largest absolute Gasteiger partial charge is 0.443 e. The zero-order valence-electron chi connectivity index (χ0n) is 10.1. The second-order valence-corrected chi connectivity index (χ2v) is 4.91. The fourth-order valence-corrected chi connectivity index (χ4v) is 1.66. The summed E-state index contributed by atoms with van der Waals surface area (Å²) in [5.74, 6) is 0. The summed E-state index contributed by atoms with van der Waals surface area (Å²) in [6.45, 7) is 7.76. The lowest BCUT2D eigenvalue weighted by molar-refractivity contribution is 0.0247. The number of hydrogen-bond donors (Lipinski definition) is 0. The van der Waals surface area contributed by atoms with Crippen molar-refractivity contribution in [1.82, 2.24) is 4.90 Å². The molecule has 3 nitrogen and oxygen atoms in total. The molecule has 1 aliphatic rings. The first-order valence-electron chi connectivity index (χ1n) is 5.62. The van der Waals surface area contributed by atoms with Gasteiger partial charge in [-0.2, -0.15) is 0 Å². The third-order valence-electron chi connectivity index (χ3n) is 2.40. The van der Waals surface area contributed by atoms with E-state index in [4.69, 9.17) is 4.74 Å². The highest BCUT2D eigenvalue weighted by Crippen LogP contribution is 2.20. The van der Waals surface area contributed by atoms with Gasteiger partial charge in [-0.25, -0.2) is 4.79 Å². The number of hydrogen-bond acceptors (Lipinski definition) is 2. The molecule has 1 atom stereocenters. The molecule has 86 valence electrons. The van der Waals surface area contributed by atoms with Crippen molar-refractivity contribution in [2.75, 3.05) is 0 Å². The SMILES string of the molecule is CCC1CCC=CN1C(=O)OC(C)(C)C. The highest BCUT2D eigenvalue weighted by molar-refractivity contribution is 5.70. The van der Waals surface area contributed by atoms with Crippen LogP contribution in [-0.4, -0.2) is 22.6 Å². The smallest absolute Gasteiger partial charge is 0.414 e. The van der Waals surface area contributed by atoms with Gasteiger partial charge in [0.25, 0.3) is 0 Å². The van der Waals surface area contributed by atoms with Crippen LogP contribution in [0.2, 0.25) is 0 Å². The molecule has 1 heterocycles. The molecule has 1 aliphatic heterocycles. The van der Waals surface area contributed by atoms with Gasteiger partial charge in [-0.15, -0.1) is 0 Å². The molecule has 1 unspecified atom stereocenters. The fraction of sp³-hybridized carbons (Fsp3) is 0.750. The Labute approximate surface area is 92.1 Å². The fourth-order valence-electron chi connectivity index (χ4n) is 1.66. The van der Waals surface area contributed by atoms with E-state index in [1.165, 1.54) is 0 Å². The van der Waals surface area contributed by atoms with Crippen molar-refractivity contribution < 1.29 is 9.53 Å². The molecule has 0 saturated heterocycles. The van der Waals surface area contributed by atoms with Gasteiger partial charge >= 0.3 is 6.09 Å². The topological polar surface area (TPSA) is 29.5 Å². The minimum Gasteiger partial charge on any atom is -0.443 e. The van der Waals surface area contributed by atoms with E-state index in [1.807, 2.05) is 33.0 Å². The molecule has 1 amide bonds. The van der Waals surface area contributed by atoms with Crippen molar-refractivity contribution in [2.45, 2.75) is 58.6 Å². The predicted octanol–water partition coefficient (Wildman–Crippen LogP) is 3.31. The van der Waals surface area contributed by atoms with Crippen molar-refractivity contribution >= 4 is 6.09 Å². The Morgan fingerprint density at radius 2 is 2.20 bits per heavy atom. The summed E-state index contributed by atoms with van der Waals surface area (Å²) in [6.07, 6.45) is 6.71. The average Bonchev–Trinajstić information content (AvgIpc) is 2.15. The van der Waals surface area contributed by atoms with Crippen LogP contribution in [0.5, 0.6) is 0 Å². The molecule has 1 rings (SSSR count). The number of allylic oxidation sites excluding steroid dienone is 1. The van der Waals surface area contributed by atoms with Crippen molar-refractivity contribution in [3.05, 3.63) is 12.3 Å². The van der Waals surface area contributed by atoms with E-state index in [1.54, 1.807) is 4.90 Å². The number of carbonyl (C=O) groups excluding carboxylic acids is 1. The molecule has 0 aromatic carbocycles. The van der Waals surface area contributed by atoms with Crippen molar-refractivity contribution in [3.8, 4) is 0 Å². The van der Waals surface area contributed by atoms with Gasteiger partial charge in [0.2, 0.25) is 0 Å². The first-order chi connectivity index (χ1) is 6.94. The van der Waals surface area contributed by atoms with Gasteiger partial charge in [-0.05, 0) is 40.0 Å². The molecule has 0 spiro atoms. The van der Waals surface area contributed by atoms with Crippen molar-refractivity contribution in [2.24, 2.45) is 0 Å². The van der Waals surface area contributed by atoms with Gasteiger partial charge in [0.05, 0.1) is 0 Å². The van der Waals surface area contributed by atoms with Crippen LogP contribution in [0, 0.1) is 0 Å². The van der Waals surface area contributed by atoms with E-state index in [-0.39, 0.29) is 6.09 Å². The number of nitrogens with zero attached hydrogens (tertiary/aromatic N) is 1. The minimum atomic E-state index is -0.416. The lowest BCUT2D eigenvalue weighted by atomic mass is 10.0. The van der Waals surface area contributed by atoms with Gasteiger partial charge in [0.1, 0.15) is 5.60 Å². The summed E-state index contributed by atoms with van der Waals surface area (Å²) < 4.78 is 5.35. The first-order valence-corrected chi connectivity index (χ1v) is 5.62. The van der Waals surface area contributed by atoms with Gasteiger partial charge in [0.15, 0.2) is 0 Å². The third-order valence-corrected chi connectivity index (χ3v) is 2.40. The van der Waals surface area contributed by atoms with Crippen LogP contribution in [0.1, 0.15) is 47.0 Å². The molecule has 0 aromatic heterocycles.